The molecule has 0 fully saturated rings. The van der Waals surface area contributed by atoms with Gasteiger partial charge in [-0.2, -0.15) is 0 Å². The van der Waals surface area contributed by atoms with Gasteiger partial charge in [0, 0.05) is 35.0 Å². The van der Waals surface area contributed by atoms with Crippen LogP contribution >= 0.6 is 0 Å². The summed E-state index contributed by atoms with van der Waals surface area (Å²) in [6, 6.07) is 40.1. The van der Waals surface area contributed by atoms with Crippen LogP contribution in [0.2, 0.25) is 0 Å². The van der Waals surface area contributed by atoms with Crippen molar-refractivity contribution < 1.29 is 8.81 Å². The number of furan rings is 1. The molecular weight excluding hydrogens is 583 g/mol. The van der Waals surface area contributed by atoms with Gasteiger partial charge in [-0.25, -0.2) is 14.4 Å². The standard InChI is InChI=1S/C41H31FN4O/c1-41(2)30-19-18-26(39(42)25-11-10-12-27(21-25)40-44-32-14-5-6-15-33(32)45(40)3)22-34(30)46(38-17-8-9-20-43-38)35-23-29-28-13-4-7-16-36(28)47-37(29)24-31(35)41/h4-24,39H,1-3H3. The monoisotopic (exact) mass is 614 g/mol. The summed E-state index contributed by atoms with van der Waals surface area (Å²) >= 11 is 0. The van der Waals surface area contributed by atoms with Gasteiger partial charge in [0.05, 0.1) is 22.4 Å². The molecule has 3 aromatic heterocycles. The molecule has 0 bridgehead atoms. The van der Waals surface area contributed by atoms with Crippen molar-refractivity contribution in [3.63, 3.8) is 0 Å². The third-order valence-corrected chi connectivity index (χ3v) is 9.74. The smallest absolute Gasteiger partial charge is 0.150 e. The Morgan fingerprint density at radius 3 is 2.34 bits per heavy atom. The maximum Gasteiger partial charge on any atom is 0.150 e. The van der Waals surface area contributed by atoms with Crippen molar-refractivity contribution in [1.82, 2.24) is 14.5 Å². The zero-order chi connectivity index (χ0) is 31.9. The predicted octanol–water partition coefficient (Wildman–Crippen LogP) is 10.7. The van der Waals surface area contributed by atoms with Gasteiger partial charge < -0.3 is 8.98 Å². The van der Waals surface area contributed by atoms with Crippen LogP contribution in [0.15, 0.2) is 132 Å². The lowest BCUT2D eigenvalue weighted by atomic mass is 9.73. The number of rotatable bonds is 4. The number of benzene rings is 5. The Morgan fingerprint density at radius 2 is 1.49 bits per heavy atom. The summed E-state index contributed by atoms with van der Waals surface area (Å²) in [6.45, 7) is 4.45. The lowest BCUT2D eigenvalue weighted by molar-refractivity contribution is 0.402. The molecule has 9 rings (SSSR count). The first kappa shape index (κ1) is 27.6. The molecule has 47 heavy (non-hydrogen) atoms. The number of para-hydroxylation sites is 3. The number of alkyl halides is 1. The number of hydrogen-bond acceptors (Lipinski definition) is 4. The topological polar surface area (TPSA) is 47.1 Å². The van der Waals surface area contributed by atoms with Crippen LogP contribution in [0.3, 0.4) is 0 Å². The van der Waals surface area contributed by atoms with Gasteiger partial charge in [-0.15, -0.1) is 0 Å². The Bertz CT molecular complexity index is 2490. The number of fused-ring (bicyclic) bond motifs is 6. The van der Waals surface area contributed by atoms with E-state index in [0.717, 1.165) is 72.7 Å². The number of imidazole rings is 1. The zero-order valence-electron chi connectivity index (χ0n) is 26.3. The van der Waals surface area contributed by atoms with Crippen LogP contribution in [0.1, 0.15) is 42.3 Å². The Morgan fingerprint density at radius 1 is 0.702 bits per heavy atom. The molecule has 0 N–H and O–H groups in total. The second-order valence-corrected chi connectivity index (χ2v) is 12.9. The van der Waals surface area contributed by atoms with E-state index in [0.29, 0.717) is 11.1 Å². The molecule has 228 valence electrons. The van der Waals surface area contributed by atoms with Crippen LogP contribution in [-0.4, -0.2) is 14.5 Å². The van der Waals surface area contributed by atoms with E-state index >= 15 is 4.39 Å². The molecule has 0 amide bonds. The zero-order valence-corrected chi connectivity index (χ0v) is 26.3. The first-order chi connectivity index (χ1) is 22.9. The van der Waals surface area contributed by atoms with E-state index < -0.39 is 6.17 Å². The first-order valence-corrected chi connectivity index (χ1v) is 15.9. The fourth-order valence-corrected chi connectivity index (χ4v) is 7.30. The van der Waals surface area contributed by atoms with E-state index in [1.807, 2.05) is 104 Å². The first-order valence-electron chi connectivity index (χ1n) is 15.9. The molecule has 6 heteroatoms. The van der Waals surface area contributed by atoms with E-state index in [-0.39, 0.29) is 5.41 Å². The summed E-state index contributed by atoms with van der Waals surface area (Å²) in [6.07, 6.45) is 0.458. The Balaban J connectivity index is 1.19. The van der Waals surface area contributed by atoms with Crippen LogP contribution in [-0.2, 0) is 12.5 Å². The van der Waals surface area contributed by atoms with Crippen molar-refractivity contribution in [2.45, 2.75) is 25.4 Å². The molecule has 1 aliphatic heterocycles. The van der Waals surface area contributed by atoms with Crippen molar-refractivity contribution in [3.05, 3.63) is 150 Å². The van der Waals surface area contributed by atoms with E-state index in [4.69, 9.17) is 14.4 Å². The maximum atomic E-state index is 16.7. The van der Waals surface area contributed by atoms with Crippen LogP contribution in [0.5, 0.6) is 0 Å². The lowest BCUT2D eigenvalue weighted by Gasteiger charge is -2.41. The molecule has 1 aliphatic rings. The Hall–Kier alpha value is -5.75. The molecule has 5 aromatic carbocycles. The van der Waals surface area contributed by atoms with E-state index in [9.17, 15) is 0 Å². The fraction of sp³-hybridized carbons (Fsp3) is 0.122. The predicted molar refractivity (Wildman–Crippen MR) is 187 cm³/mol. The number of pyridine rings is 1. The highest BCUT2D eigenvalue weighted by atomic mass is 19.1. The molecule has 0 saturated carbocycles. The number of hydrogen-bond donors (Lipinski definition) is 0. The van der Waals surface area contributed by atoms with Gasteiger partial charge in [-0.3, -0.25) is 4.90 Å². The molecule has 0 saturated heterocycles. The van der Waals surface area contributed by atoms with Gasteiger partial charge in [-0.05, 0) is 76.9 Å². The average molecular weight is 615 g/mol. The van der Waals surface area contributed by atoms with Gasteiger partial charge in [-0.1, -0.05) is 80.6 Å². The summed E-state index contributed by atoms with van der Waals surface area (Å²) < 4.78 is 25.1. The average Bonchev–Trinajstić information content (AvgIpc) is 3.65. The Labute approximate surface area is 271 Å². The van der Waals surface area contributed by atoms with Crippen LogP contribution in [0.4, 0.5) is 21.6 Å². The molecule has 1 unspecified atom stereocenters. The third kappa shape index (κ3) is 4.14. The highest BCUT2D eigenvalue weighted by molar-refractivity contribution is 6.07. The fourth-order valence-electron chi connectivity index (χ4n) is 7.30. The second kappa shape index (κ2) is 10.1. The van der Waals surface area contributed by atoms with Crippen molar-refractivity contribution in [1.29, 1.82) is 0 Å². The van der Waals surface area contributed by atoms with E-state index in [1.54, 1.807) is 6.20 Å². The van der Waals surface area contributed by atoms with E-state index in [1.165, 1.54) is 0 Å². The molecule has 0 spiro atoms. The molecule has 1 atom stereocenters. The second-order valence-electron chi connectivity index (χ2n) is 12.9. The summed E-state index contributed by atoms with van der Waals surface area (Å²) in [7, 11) is 2.00. The SMILES string of the molecule is Cn1c(-c2cccc(C(F)c3ccc4c(c3)N(c3ccccn3)c3cc5c(cc3C4(C)C)oc3ccccc35)c2)nc2ccccc21. The molecule has 4 heterocycles. The molecule has 0 radical (unpaired) electrons. The van der Waals surface area contributed by atoms with Crippen molar-refractivity contribution in [2.75, 3.05) is 4.90 Å². The van der Waals surface area contributed by atoms with Crippen molar-refractivity contribution >= 4 is 50.2 Å². The molecule has 5 nitrogen and oxygen atoms in total. The minimum absolute atomic E-state index is 0.381. The van der Waals surface area contributed by atoms with Crippen LogP contribution in [0, 0.1) is 0 Å². The summed E-state index contributed by atoms with van der Waals surface area (Å²) in [5.74, 6) is 1.58. The number of halogens is 1. The lowest BCUT2D eigenvalue weighted by Crippen LogP contribution is -2.31. The third-order valence-electron chi connectivity index (χ3n) is 9.74. The van der Waals surface area contributed by atoms with Crippen LogP contribution in [0.25, 0.3) is 44.4 Å². The van der Waals surface area contributed by atoms with Gasteiger partial charge in [0.25, 0.3) is 0 Å². The minimum atomic E-state index is -1.34. The molecular formula is C41H31FN4O. The number of nitrogens with zero attached hydrogens (tertiary/aromatic N) is 4. The molecule has 0 aliphatic carbocycles. The van der Waals surface area contributed by atoms with Gasteiger partial charge >= 0.3 is 0 Å². The highest BCUT2D eigenvalue weighted by Gasteiger charge is 2.38. The summed E-state index contributed by atoms with van der Waals surface area (Å²) in [5.41, 5.74) is 9.47. The van der Waals surface area contributed by atoms with Crippen molar-refractivity contribution in [2.24, 2.45) is 7.05 Å². The number of aryl methyl sites for hydroxylation is 1. The number of anilines is 3. The summed E-state index contributed by atoms with van der Waals surface area (Å²) in [4.78, 5) is 11.8. The van der Waals surface area contributed by atoms with Crippen molar-refractivity contribution in [3.8, 4) is 11.4 Å². The van der Waals surface area contributed by atoms with Gasteiger partial charge in [0.2, 0.25) is 0 Å². The van der Waals surface area contributed by atoms with E-state index in [2.05, 4.69) is 47.6 Å². The summed E-state index contributed by atoms with van der Waals surface area (Å²) in [5, 5.41) is 2.10. The molecule has 8 aromatic rings. The van der Waals surface area contributed by atoms with Crippen LogP contribution < -0.4 is 4.90 Å². The number of aromatic nitrogens is 3. The quantitative estimate of drug-likeness (QED) is 0.198. The largest absolute Gasteiger partial charge is 0.456 e. The van der Waals surface area contributed by atoms with Gasteiger partial charge in [0.15, 0.2) is 6.17 Å². The minimum Gasteiger partial charge on any atom is -0.456 e. The maximum absolute atomic E-state index is 16.7. The normalized spacial score (nSPS) is 14.4. The Kier molecular flexibility index (Phi) is 5.94. The highest BCUT2D eigenvalue weighted by Crippen LogP contribution is 2.54. The van der Waals surface area contributed by atoms with Gasteiger partial charge in [0.1, 0.15) is 22.8 Å².